The molecule has 0 aromatic heterocycles. The number of fused-ring (bicyclic) bond motifs is 1. The molecule has 1 aliphatic rings. The first-order chi connectivity index (χ1) is 13.9. The summed E-state index contributed by atoms with van der Waals surface area (Å²) in [5, 5.41) is 3.03. The quantitative estimate of drug-likeness (QED) is 0.717. The fourth-order valence-electron chi connectivity index (χ4n) is 3.09. The first-order valence-electron chi connectivity index (χ1n) is 9.64. The summed E-state index contributed by atoms with van der Waals surface area (Å²) in [6, 6.07) is 11.3. The third kappa shape index (κ3) is 5.02. The van der Waals surface area contributed by atoms with E-state index in [0.717, 1.165) is 16.9 Å². The van der Waals surface area contributed by atoms with Crippen LogP contribution < -0.4 is 24.3 Å². The second kappa shape index (κ2) is 8.90. The van der Waals surface area contributed by atoms with Crippen molar-refractivity contribution in [2.24, 2.45) is 0 Å². The van der Waals surface area contributed by atoms with Crippen molar-refractivity contribution in [3.05, 3.63) is 53.6 Å². The van der Waals surface area contributed by atoms with Gasteiger partial charge in [0.15, 0.2) is 23.0 Å². The number of hydrogen-bond donors (Lipinski definition) is 1. The molecule has 29 heavy (non-hydrogen) atoms. The van der Waals surface area contributed by atoms with Crippen molar-refractivity contribution in [3.63, 3.8) is 0 Å². The van der Waals surface area contributed by atoms with E-state index in [1.54, 1.807) is 13.2 Å². The number of amides is 1. The van der Waals surface area contributed by atoms with Crippen LogP contribution in [0.1, 0.15) is 31.9 Å². The van der Waals surface area contributed by atoms with Crippen molar-refractivity contribution in [2.45, 2.75) is 26.3 Å². The van der Waals surface area contributed by atoms with Gasteiger partial charge in [0.1, 0.15) is 13.2 Å². The van der Waals surface area contributed by atoms with Crippen LogP contribution in [0.4, 0.5) is 0 Å². The van der Waals surface area contributed by atoms with Crippen LogP contribution in [0.3, 0.4) is 0 Å². The SMILES string of the molecule is CCOc1cc(/C=C\C(=O)NC(C)(C)c2ccc3c(c2)OCCO3)ccc1OC. The third-order valence-corrected chi connectivity index (χ3v) is 4.61. The van der Waals surface area contributed by atoms with Crippen LogP contribution in [0.5, 0.6) is 23.0 Å². The summed E-state index contributed by atoms with van der Waals surface area (Å²) >= 11 is 0. The minimum atomic E-state index is -0.576. The smallest absolute Gasteiger partial charge is 0.244 e. The third-order valence-electron chi connectivity index (χ3n) is 4.61. The van der Waals surface area contributed by atoms with Gasteiger partial charge >= 0.3 is 0 Å². The predicted molar refractivity (Wildman–Crippen MR) is 112 cm³/mol. The largest absolute Gasteiger partial charge is 0.493 e. The Hall–Kier alpha value is -3.15. The maximum Gasteiger partial charge on any atom is 0.244 e. The molecule has 0 fully saturated rings. The molecule has 1 N–H and O–H groups in total. The van der Waals surface area contributed by atoms with Crippen LogP contribution in [0, 0.1) is 0 Å². The lowest BCUT2D eigenvalue weighted by molar-refractivity contribution is -0.118. The van der Waals surface area contributed by atoms with Gasteiger partial charge in [-0.25, -0.2) is 0 Å². The highest BCUT2D eigenvalue weighted by molar-refractivity contribution is 5.92. The monoisotopic (exact) mass is 397 g/mol. The Labute approximate surface area is 171 Å². The van der Waals surface area contributed by atoms with E-state index in [1.807, 2.05) is 57.2 Å². The van der Waals surface area contributed by atoms with Gasteiger partial charge in [-0.1, -0.05) is 12.1 Å². The Balaban J connectivity index is 1.70. The second-order valence-electron chi connectivity index (χ2n) is 7.15. The van der Waals surface area contributed by atoms with Crippen molar-refractivity contribution < 1.29 is 23.7 Å². The summed E-state index contributed by atoms with van der Waals surface area (Å²) in [6.07, 6.45) is 3.26. The fourth-order valence-corrected chi connectivity index (χ4v) is 3.09. The number of carbonyl (C=O) groups excluding carboxylic acids is 1. The van der Waals surface area contributed by atoms with Gasteiger partial charge in [0, 0.05) is 6.08 Å². The van der Waals surface area contributed by atoms with Gasteiger partial charge in [-0.05, 0) is 62.2 Å². The number of hydrogen-bond acceptors (Lipinski definition) is 5. The van der Waals surface area contributed by atoms with Crippen LogP contribution in [0.2, 0.25) is 0 Å². The van der Waals surface area contributed by atoms with Gasteiger partial charge in [-0.2, -0.15) is 0 Å². The number of benzene rings is 2. The molecule has 0 atom stereocenters. The van der Waals surface area contributed by atoms with Gasteiger partial charge in [-0.3, -0.25) is 4.79 Å². The Morgan fingerprint density at radius 1 is 1.10 bits per heavy atom. The van der Waals surface area contributed by atoms with Crippen LogP contribution in [0.15, 0.2) is 42.5 Å². The zero-order chi connectivity index (χ0) is 20.9. The summed E-state index contributed by atoms with van der Waals surface area (Å²) in [7, 11) is 1.60. The lowest BCUT2D eigenvalue weighted by Crippen LogP contribution is -2.40. The zero-order valence-electron chi connectivity index (χ0n) is 17.3. The summed E-state index contributed by atoms with van der Waals surface area (Å²) in [6.45, 7) is 7.42. The van der Waals surface area contributed by atoms with Crippen LogP contribution >= 0.6 is 0 Å². The molecule has 2 aromatic rings. The molecule has 1 heterocycles. The minimum Gasteiger partial charge on any atom is -0.493 e. The Morgan fingerprint density at radius 2 is 1.86 bits per heavy atom. The van der Waals surface area contributed by atoms with Crippen molar-refractivity contribution in [1.29, 1.82) is 0 Å². The van der Waals surface area contributed by atoms with E-state index in [9.17, 15) is 4.79 Å². The molecule has 0 radical (unpaired) electrons. The van der Waals surface area contributed by atoms with Crippen LogP contribution in [-0.4, -0.2) is 32.8 Å². The molecule has 0 unspecified atom stereocenters. The molecule has 0 aliphatic carbocycles. The van der Waals surface area contributed by atoms with Crippen molar-refractivity contribution in [3.8, 4) is 23.0 Å². The highest BCUT2D eigenvalue weighted by atomic mass is 16.6. The Morgan fingerprint density at radius 3 is 2.59 bits per heavy atom. The van der Waals surface area contributed by atoms with Crippen molar-refractivity contribution in [1.82, 2.24) is 5.32 Å². The van der Waals surface area contributed by atoms with Gasteiger partial charge in [0.25, 0.3) is 0 Å². The van der Waals surface area contributed by atoms with E-state index in [2.05, 4.69) is 5.32 Å². The summed E-state index contributed by atoms with van der Waals surface area (Å²) < 4.78 is 22.1. The van der Waals surface area contributed by atoms with E-state index in [0.29, 0.717) is 37.1 Å². The van der Waals surface area contributed by atoms with E-state index < -0.39 is 5.54 Å². The van der Waals surface area contributed by atoms with E-state index in [-0.39, 0.29) is 5.91 Å². The number of methoxy groups -OCH3 is 1. The normalized spacial score (nSPS) is 13.2. The Kier molecular flexibility index (Phi) is 6.32. The minimum absolute atomic E-state index is 0.196. The molecular formula is C23H27NO5. The predicted octanol–water partition coefficient (Wildman–Crippen LogP) is 3.93. The highest BCUT2D eigenvalue weighted by Gasteiger charge is 2.24. The molecule has 6 nitrogen and oxygen atoms in total. The summed E-state index contributed by atoms with van der Waals surface area (Å²) in [5.74, 6) is 2.54. The first kappa shape index (κ1) is 20.6. The molecule has 2 aromatic carbocycles. The van der Waals surface area contributed by atoms with Gasteiger partial charge in [0.2, 0.25) is 5.91 Å². The maximum absolute atomic E-state index is 12.5. The average Bonchev–Trinajstić information content (AvgIpc) is 2.72. The number of ether oxygens (including phenoxy) is 4. The molecule has 6 heteroatoms. The molecule has 0 spiro atoms. The number of rotatable bonds is 7. The summed E-state index contributed by atoms with van der Waals surface area (Å²) in [5.41, 5.74) is 1.21. The molecule has 154 valence electrons. The number of nitrogens with one attached hydrogen (secondary N) is 1. The van der Waals surface area contributed by atoms with Gasteiger partial charge < -0.3 is 24.3 Å². The van der Waals surface area contributed by atoms with E-state index >= 15 is 0 Å². The number of carbonyl (C=O) groups is 1. The lowest BCUT2D eigenvalue weighted by atomic mass is 9.93. The molecule has 1 aliphatic heterocycles. The summed E-state index contributed by atoms with van der Waals surface area (Å²) in [4.78, 5) is 12.5. The fraction of sp³-hybridized carbons (Fsp3) is 0.348. The molecule has 0 bridgehead atoms. The lowest BCUT2D eigenvalue weighted by Gasteiger charge is -2.28. The topological polar surface area (TPSA) is 66.0 Å². The van der Waals surface area contributed by atoms with E-state index in [1.165, 1.54) is 6.08 Å². The standard InChI is InChI=1S/C23H27NO5/c1-5-27-20-14-16(6-9-18(20)26-4)7-11-22(25)24-23(2,3)17-8-10-19-21(15-17)29-13-12-28-19/h6-11,14-15H,5,12-13H2,1-4H3,(H,24,25)/b11-7-. The molecule has 1 amide bonds. The van der Waals surface area contributed by atoms with E-state index in [4.69, 9.17) is 18.9 Å². The molecule has 0 saturated heterocycles. The van der Waals surface area contributed by atoms with Crippen molar-refractivity contribution >= 4 is 12.0 Å². The van der Waals surface area contributed by atoms with Crippen LogP contribution in [0.25, 0.3) is 6.08 Å². The first-order valence-corrected chi connectivity index (χ1v) is 9.64. The van der Waals surface area contributed by atoms with Crippen LogP contribution in [-0.2, 0) is 10.3 Å². The average molecular weight is 397 g/mol. The zero-order valence-corrected chi connectivity index (χ0v) is 17.3. The molecule has 0 saturated carbocycles. The molecular weight excluding hydrogens is 370 g/mol. The van der Waals surface area contributed by atoms with Gasteiger partial charge in [-0.15, -0.1) is 0 Å². The highest BCUT2D eigenvalue weighted by Crippen LogP contribution is 2.34. The van der Waals surface area contributed by atoms with Crippen molar-refractivity contribution in [2.75, 3.05) is 26.9 Å². The van der Waals surface area contributed by atoms with Gasteiger partial charge in [0.05, 0.1) is 19.3 Å². The second-order valence-corrected chi connectivity index (χ2v) is 7.15. The maximum atomic E-state index is 12.5. The molecule has 3 rings (SSSR count). The Bertz CT molecular complexity index is 904.